The lowest BCUT2D eigenvalue weighted by Gasteiger charge is -2.22. The minimum Gasteiger partial charge on any atom is -0.456 e. The number of rotatable bonds is 8. The zero-order chi connectivity index (χ0) is 62.2. The number of aryl methyl sites for hydroxylation is 1. The van der Waals surface area contributed by atoms with Crippen LogP contribution in [0.4, 0.5) is 0 Å². The van der Waals surface area contributed by atoms with Gasteiger partial charge in [-0.05, 0) is 234 Å². The average molecular weight is 1250 g/mol. The summed E-state index contributed by atoms with van der Waals surface area (Å²) in [5.74, 6) is 0.212. The average Bonchev–Trinajstić information content (AvgIpc) is 1.70. The predicted molar refractivity (Wildman–Crippen MR) is 406 cm³/mol. The van der Waals surface area contributed by atoms with Crippen LogP contribution in [0.3, 0.4) is 0 Å². The SMILES string of the molecule is C1=C(c2cccc(-c3ccc4c(c3)-c3cc(-c5ccc6sc7ccc(-c8cccc9oc%10ccccc%10c89)cc7c6c5)ccc3CCC4c3cccc4ccccc34)c2)CCc2c1c1cc(-c3ccc4sc5ccccc5c4c3)ccc1n2-c1cccc(-c2ccccc2)c1. The lowest BCUT2D eigenvalue weighted by molar-refractivity contribution is 0.669. The van der Waals surface area contributed by atoms with Crippen molar-refractivity contribution in [3.8, 4) is 72.4 Å². The van der Waals surface area contributed by atoms with Gasteiger partial charge in [0.1, 0.15) is 11.2 Å². The zero-order valence-electron chi connectivity index (χ0n) is 51.9. The van der Waals surface area contributed by atoms with E-state index in [2.05, 4.69) is 308 Å². The second kappa shape index (κ2) is 21.7. The Bertz CT molecular complexity index is 6240. The van der Waals surface area contributed by atoms with Crippen LogP contribution in [0.25, 0.3) is 168 Å². The van der Waals surface area contributed by atoms with Crippen molar-refractivity contribution >= 4 is 118 Å². The maximum Gasteiger partial charge on any atom is 0.136 e. The molecule has 1 atom stereocenters. The van der Waals surface area contributed by atoms with Crippen LogP contribution >= 0.6 is 22.7 Å². The molecular weight excluding hydrogens is 1190 g/mol. The Morgan fingerprint density at radius 1 is 0.326 bits per heavy atom. The first-order valence-electron chi connectivity index (χ1n) is 33.2. The number of fused-ring (bicyclic) bond motifs is 16. The molecule has 0 amide bonds. The van der Waals surface area contributed by atoms with Gasteiger partial charge in [-0.3, -0.25) is 0 Å². The van der Waals surface area contributed by atoms with Crippen LogP contribution in [0.1, 0.15) is 52.3 Å². The maximum absolute atomic E-state index is 6.36. The Morgan fingerprint density at radius 3 is 1.73 bits per heavy atom. The summed E-state index contributed by atoms with van der Waals surface area (Å²) in [6.45, 7) is 0. The van der Waals surface area contributed by atoms with Crippen LogP contribution in [0, 0.1) is 0 Å². The smallest absolute Gasteiger partial charge is 0.136 e. The molecule has 0 saturated carbocycles. The van der Waals surface area contributed by atoms with Crippen molar-refractivity contribution in [3.05, 3.63) is 331 Å². The van der Waals surface area contributed by atoms with Gasteiger partial charge < -0.3 is 8.98 Å². The molecule has 0 saturated heterocycles. The standard InChI is InChI=1S/C91H59NOS2/c1-2-14-55(15-3-1)60-20-11-21-68(47-60)92-83-41-34-63(50-78(83)79-51-64(35-42-84(79)92)65-36-43-88-80(52-65)74-23-7-9-29-87(74)94-88)59-19-10-18-58(46-59)62-33-40-73-72(71-26-12-17-56-16-4-5-22-69(56)71)39-32-57-30-31-61(48-76(57)77(73)49-62)66-37-44-89-81(53-66)82-54-67(38-45-90(82)95-89)70-25-13-28-86-91(70)75-24-6-8-27-85(75)93-86/h1-31,33,35-38,40,42-54,72H,32,34,39,41H2. The summed E-state index contributed by atoms with van der Waals surface area (Å²) in [6.07, 6.45) is 6.38. The number of aromatic nitrogens is 1. The van der Waals surface area contributed by atoms with Gasteiger partial charge in [-0.15, -0.1) is 22.7 Å². The number of thiophene rings is 2. The van der Waals surface area contributed by atoms with E-state index in [4.69, 9.17) is 4.42 Å². The Hall–Kier alpha value is -11.1. The van der Waals surface area contributed by atoms with E-state index < -0.39 is 0 Å². The molecule has 0 fully saturated rings. The number of nitrogens with zero attached hydrogens (tertiary/aromatic N) is 1. The van der Waals surface area contributed by atoms with Gasteiger partial charge in [0.05, 0.1) is 5.52 Å². The van der Waals surface area contributed by atoms with Crippen LogP contribution in [0.5, 0.6) is 0 Å². The van der Waals surface area contributed by atoms with E-state index in [1.165, 1.54) is 179 Å². The van der Waals surface area contributed by atoms with Crippen molar-refractivity contribution in [2.24, 2.45) is 0 Å². The van der Waals surface area contributed by atoms with E-state index in [9.17, 15) is 0 Å². The van der Waals surface area contributed by atoms with Crippen molar-refractivity contribution in [3.63, 3.8) is 0 Å². The van der Waals surface area contributed by atoms with Crippen molar-refractivity contribution in [1.82, 2.24) is 4.57 Å². The molecule has 0 radical (unpaired) electrons. The van der Waals surface area contributed by atoms with Gasteiger partial charge in [0.15, 0.2) is 0 Å². The third-order valence-electron chi connectivity index (χ3n) is 20.8. The van der Waals surface area contributed by atoms with E-state index in [-0.39, 0.29) is 5.92 Å². The topological polar surface area (TPSA) is 18.1 Å². The Kier molecular flexibility index (Phi) is 12.4. The Balaban J connectivity index is 0.706. The minimum absolute atomic E-state index is 0.212. The third-order valence-corrected chi connectivity index (χ3v) is 23.1. The first-order chi connectivity index (χ1) is 47.0. The van der Waals surface area contributed by atoms with Crippen molar-refractivity contribution in [1.29, 1.82) is 0 Å². The summed E-state index contributed by atoms with van der Waals surface area (Å²) in [4.78, 5) is 0. The van der Waals surface area contributed by atoms with Crippen LogP contribution in [-0.2, 0) is 12.8 Å². The van der Waals surface area contributed by atoms with E-state index in [0.29, 0.717) is 0 Å². The van der Waals surface area contributed by atoms with Crippen LogP contribution in [0.15, 0.2) is 302 Å². The molecule has 4 aromatic heterocycles. The molecule has 4 heterocycles. The normalized spacial score (nSPS) is 13.9. The largest absolute Gasteiger partial charge is 0.456 e. The van der Waals surface area contributed by atoms with Crippen molar-refractivity contribution < 1.29 is 4.42 Å². The van der Waals surface area contributed by atoms with Crippen LogP contribution < -0.4 is 0 Å². The molecule has 4 heteroatoms. The van der Waals surface area contributed by atoms with Gasteiger partial charge in [-0.1, -0.05) is 200 Å². The molecule has 0 aliphatic heterocycles. The summed E-state index contributed by atoms with van der Waals surface area (Å²) in [5.41, 5.74) is 28.6. The summed E-state index contributed by atoms with van der Waals surface area (Å²) in [5, 5.41) is 11.4. The van der Waals surface area contributed by atoms with E-state index in [1.54, 1.807) is 0 Å². The number of furan rings is 1. The van der Waals surface area contributed by atoms with E-state index in [1.807, 2.05) is 22.7 Å². The van der Waals surface area contributed by atoms with Crippen molar-refractivity contribution in [2.75, 3.05) is 0 Å². The molecular formula is C91H59NOS2. The monoisotopic (exact) mass is 1250 g/mol. The highest BCUT2D eigenvalue weighted by Gasteiger charge is 2.28. The number of para-hydroxylation sites is 1. The van der Waals surface area contributed by atoms with Gasteiger partial charge in [-0.25, -0.2) is 0 Å². The van der Waals surface area contributed by atoms with Crippen LogP contribution in [0.2, 0.25) is 0 Å². The molecule has 446 valence electrons. The minimum atomic E-state index is 0.212. The van der Waals surface area contributed by atoms with Crippen LogP contribution in [-0.4, -0.2) is 4.57 Å². The third kappa shape index (κ3) is 8.96. The molecule has 2 aliphatic carbocycles. The van der Waals surface area contributed by atoms with Gasteiger partial charge in [0.2, 0.25) is 0 Å². The molecule has 18 aromatic rings. The van der Waals surface area contributed by atoms with E-state index >= 15 is 0 Å². The second-order valence-electron chi connectivity index (χ2n) is 26.0. The Morgan fingerprint density at radius 2 is 0.895 bits per heavy atom. The lowest BCUT2D eigenvalue weighted by atomic mass is 9.82. The highest BCUT2D eigenvalue weighted by molar-refractivity contribution is 7.26. The number of hydrogen-bond donors (Lipinski definition) is 0. The molecule has 95 heavy (non-hydrogen) atoms. The van der Waals surface area contributed by atoms with Gasteiger partial charge in [0.25, 0.3) is 0 Å². The second-order valence-corrected chi connectivity index (χ2v) is 28.2. The highest BCUT2D eigenvalue weighted by atomic mass is 32.1. The zero-order valence-corrected chi connectivity index (χ0v) is 53.6. The highest BCUT2D eigenvalue weighted by Crippen LogP contribution is 2.49. The number of hydrogen-bond acceptors (Lipinski definition) is 3. The quantitative estimate of drug-likeness (QED) is 0.148. The molecule has 14 aromatic carbocycles. The first-order valence-corrected chi connectivity index (χ1v) is 34.9. The first kappa shape index (κ1) is 54.4. The summed E-state index contributed by atoms with van der Waals surface area (Å²) < 4.78 is 14.2. The van der Waals surface area contributed by atoms with Gasteiger partial charge in [0, 0.05) is 79.4 Å². The molecule has 20 rings (SSSR count). The molecule has 0 spiro atoms. The maximum atomic E-state index is 6.36. The number of benzene rings is 14. The van der Waals surface area contributed by atoms with Gasteiger partial charge in [-0.2, -0.15) is 0 Å². The lowest BCUT2D eigenvalue weighted by Crippen LogP contribution is -2.05. The fourth-order valence-corrected chi connectivity index (χ4v) is 18.4. The molecule has 2 aliphatic rings. The molecule has 2 nitrogen and oxygen atoms in total. The summed E-state index contributed by atoms with van der Waals surface area (Å²) in [7, 11) is 0. The van der Waals surface area contributed by atoms with Gasteiger partial charge >= 0.3 is 0 Å². The predicted octanol–water partition coefficient (Wildman–Crippen LogP) is 26.0. The Labute approximate surface area is 558 Å². The fourth-order valence-electron chi connectivity index (χ4n) is 16.2. The fraction of sp³-hybridized carbons (Fsp3) is 0.0549. The molecule has 0 N–H and O–H groups in total. The van der Waals surface area contributed by atoms with Crippen molar-refractivity contribution in [2.45, 2.75) is 31.6 Å². The number of allylic oxidation sites excluding steroid dienone is 1. The summed E-state index contributed by atoms with van der Waals surface area (Å²) >= 11 is 3.75. The van der Waals surface area contributed by atoms with E-state index in [0.717, 1.165) is 42.2 Å². The summed E-state index contributed by atoms with van der Waals surface area (Å²) in [6, 6.07) is 112. The molecule has 1 unspecified atom stereocenters. The molecule has 0 bridgehead atoms.